The Morgan fingerprint density at radius 3 is 2.60 bits per heavy atom. The number of amides is 1. The SMILES string of the molecule is COc1ccc(C(=O)N2CCCC[C@@H](N3CCCC3)C2)cc1[N+](=O)[O-]. The number of ether oxygens (including phenoxy) is 1. The van der Waals surface area contributed by atoms with Crippen LogP contribution in [-0.2, 0) is 0 Å². The second-order valence-electron chi connectivity index (χ2n) is 6.79. The van der Waals surface area contributed by atoms with Gasteiger partial charge in [0.05, 0.1) is 12.0 Å². The van der Waals surface area contributed by atoms with Gasteiger partial charge in [0.1, 0.15) is 0 Å². The second-order valence-corrected chi connectivity index (χ2v) is 6.79. The highest BCUT2D eigenvalue weighted by molar-refractivity contribution is 5.95. The highest BCUT2D eigenvalue weighted by Gasteiger charge is 2.29. The first-order valence-corrected chi connectivity index (χ1v) is 8.96. The number of hydrogen-bond acceptors (Lipinski definition) is 5. The molecule has 0 radical (unpaired) electrons. The molecule has 1 aromatic rings. The molecule has 0 N–H and O–H groups in total. The zero-order chi connectivity index (χ0) is 17.8. The van der Waals surface area contributed by atoms with Crippen LogP contribution in [0.2, 0.25) is 0 Å². The van der Waals surface area contributed by atoms with Crippen LogP contribution in [0.3, 0.4) is 0 Å². The standard InChI is InChI=1S/C18H25N3O4/c1-25-17-8-7-14(12-16(17)21(23)24)18(22)20-11-3-2-6-15(13-20)19-9-4-5-10-19/h7-8,12,15H,2-6,9-11,13H2,1H3/t15-/m1/s1. The number of nitro benzene ring substituents is 1. The molecule has 2 aliphatic heterocycles. The van der Waals surface area contributed by atoms with E-state index in [-0.39, 0.29) is 17.3 Å². The molecule has 2 saturated heterocycles. The van der Waals surface area contributed by atoms with Gasteiger partial charge in [-0.2, -0.15) is 0 Å². The van der Waals surface area contributed by atoms with Crippen LogP contribution < -0.4 is 4.74 Å². The van der Waals surface area contributed by atoms with Gasteiger partial charge < -0.3 is 9.64 Å². The van der Waals surface area contributed by atoms with E-state index < -0.39 is 4.92 Å². The van der Waals surface area contributed by atoms with Gasteiger partial charge in [0.25, 0.3) is 5.91 Å². The van der Waals surface area contributed by atoms with Gasteiger partial charge in [-0.1, -0.05) is 6.42 Å². The van der Waals surface area contributed by atoms with E-state index in [4.69, 9.17) is 4.74 Å². The van der Waals surface area contributed by atoms with Crippen molar-refractivity contribution in [3.8, 4) is 5.75 Å². The summed E-state index contributed by atoms with van der Waals surface area (Å²) in [5.74, 6) is 0.0456. The Labute approximate surface area is 147 Å². The normalized spacial score (nSPS) is 21.8. The van der Waals surface area contributed by atoms with Gasteiger partial charge in [0.2, 0.25) is 0 Å². The zero-order valence-electron chi connectivity index (χ0n) is 14.6. The Balaban J connectivity index is 1.78. The average Bonchev–Trinajstić information content (AvgIpc) is 3.05. The fourth-order valence-corrected chi connectivity index (χ4v) is 3.86. The van der Waals surface area contributed by atoms with E-state index in [1.54, 1.807) is 6.07 Å². The van der Waals surface area contributed by atoms with Crippen molar-refractivity contribution in [3.63, 3.8) is 0 Å². The van der Waals surface area contributed by atoms with Crippen molar-refractivity contribution < 1.29 is 14.5 Å². The van der Waals surface area contributed by atoms with Gasteiger partial charge in [0.15, 0.2) is 5.75 Å². The molecular formula is C18H25N3O4. The van der Waals surface area contributed by atoms with E-state index in [1.165, 1.54) is 32.1 Å². The molecule has 2 heterocycles. The number of nitro groups is 1. The summed E-state index contributed by atoms with van der Waals surface area (Å²) in [7, 11) is 1.39. The van der Waals surface area contributed by atoms with Crippen molar-refractivity contribution in [2.75, 3.05) is 33.3 Å². The highest BCUT2D eigenvalue weighted by atomic mass is 16.6. The van der Waals surface area contributed by atoms with Gasteiger partial charge in [0, 0.05) is 30.8 Å². The number of hydrogen-bond donors (Lipinski definition) is 0. The lowest BCUT2D eigenvalue weighted by Crippen LogP contribution is -2.43. The summed E-state index contributed by atoms with van der Waals surface area (Å²) in [6.45, 7) is 3.64. The second kappa shape index (κ2) is 7.82. The molecule has 136 valence electrons. The van der Waals surface area contributed by atoms with Crippen LogP contribution in [0.15, 0.2) is 18.2 Å². The van der Waals surface area contributed by atoms with Gasteiger partial charge in [-0.15, -0.1) is 0 Å². The van der Waals surface area contributed by atoms with E-state index in [0.29, 0.717) is 24.7 Å². The molecule has 2 aliphatic rings. The number of nitrogens with zero attached hydrogens (tertiary/aromatic N) is 3. The van der Waals surface area contributed by atoms with Crippen LogP contribution >= 0.6 is 0 Å². The van der Waals surface area contributed by atoms with Crippen molar-refractivity contribution in [2.24, 2.45) is 0 Å². The van der Waals surface area contributed by atoms with Gasteiger partial charge >= 0.3 is 5.69 Å². The summed E-state index contributed by atoms with van der Waals surface area (Å²) < 4.78 is 5.02. The fourth-order valence-electron chi connectivity index (χ4n) is 3.86. The molecule has 0 aromatic heterocycles. The smallest absolute Gasteiger partial charge is 0.311 e. The largest absolute Gasteiger partial charge is 0.490 e. The molecule has 3 rings (SSSR count). The maximum Gasteiger partial charge on any atom is 0.311 e. The van der Waals surface area contributed by atoms with Gasteiger partial charge in [-0.3, -0.25) is 19.8 Å². The molecule has 1 atom stereocenters. The molecule has 0 spiro atoms. The topological polar surface area (TPSA) is 75.9 Å². The minimum atomic E-state index is -0.509. The van der Waals surface area contributed by atoms with E-state index in [0.717, 1.165) is 32.4 Å². The van der Waals surface area contributed by atoms with Crippen LogP contribution in [0.4, 0.5) is 5.69 Å². The van der Waals surface area contributed by atoms with Crippen LogP contribution in [0.25, 0.3) is 0 Å². The van der Waals surface area contributed by atoms with Crippen molar-refractivity contribution in [1.82, 2.24) is 9.80 Å². The lowest BCUT2D eigenvalue weighted by molar-refractivity contribution is -0.385. The molecule has 1 amide bonds. The highest BCUT2D eigenvalue weighted by Crippen LogP contribution is 2.29. The molecule has 25 heavy (non-hydrogen) atoms. The predicted molar refractivity (Wildman–Crippen MR) is 94.0 cm³/mol. The summed E-state index contributed by atoms with van der Waals surface area (Å²) in [5, 5.41) is 11.2. The van der Waals surface area contributed by atoms with Crippen LogP contribution in [0.1, 0.15) is 42.5 Å². The number of methoxy groups -OCH3 is 1. The molecule has 0 bridgehead atoms. The van der Waals surface area contributed by atoms with Crippen molar-refractivity contribution in [1.29, 1.82) is 0 Å². The van der Waals surface area contributed by atoms with E-state index in [2.05, 4.69) is 4.90 Å². The quantitative estimate of drug-likeness (QED) is 0.618. The Hall–Kier alpha value is -2.15. The summed E-state index contributed by atoms with van der Waals surface area (Å²) in [4.78, 5) is 28.0. The van der Waals surface area contributed by atoms with Crippen LogP contribution in [0, 0.1) is 10.1 Å². The van der Waals surface area contributed by atoms with Crippen LogP contribution in [0.5, 0.6) is 5.75 Å². The molecule has 0 saturated carbocycles. The number of likely N-dealkylation sites (tertiary alicyclic amines) is 2. The van der Waals surface area contributed by atoms with Gasteiger partial charge in [-0.25, -0.2) is 0 Å². The molecule has 2 fully saturated rings. The molecule has 0 aliphatic carbocycles. The third kappa shape index (κ3) is 3.92. The Bertz CT molecular complexity index is 643. The summed E-state index contributed by atoms with van der Waals surface area (Å²) >= 11 is 0. The Morgan fingerprint density at radius 1 is 1.20 bits per heavy atom. The first-order chi connectivity index (χ1) is 12.1. The fraction of sp³-hybridized carbons (Fsp3) is 0.611. The first-order valence-electron chi connectivity index (χ1n) is 8.96. The minimum Gasteiger partial charge on any atom is -0.490 e. The van der Waals surface area contributed by atoms with Crippen molar-refractivity contribution in [2.45, 2.75) is 38.1 Å². The number of carbonyl (C=O) groups is 1. The third-order valence-electron chi connectivity index (χ3n) is 5.21. The third-order valence-corrected chi connectivity index (χ3v) is 5.21. The summed E-state index contributed by atoms with van der Waals surface area (Å²) in [5.41, 5.74) is 0.189. The molecule has 7 heteroatoms. The number of rotatable bonds is 4. The average molecular weight is 347 g/mol. The summed E-state index contributed by atoms with van der Waals surface area (Å²) in [6, 6.07) is 4.85. The maximum absolute atomic E-state index is 12.9. The van der Waals surface area contributed by atoms with Crippen molar-refractivity contribution in [3.05, 3.63) is 33.9 Å². The molecule has 0 unspecified atom stereocenters. The predicted octanol–water partition coefficient (Wildman–Crippen LogP) is 2.69. The number of benzene rings is 1. The molecule has 7 nitrogen and oxygen atoms in total. The molecular weight excluding hydrogens is 322 g/mol. The summed E-state index contributed by atoms with van der Waals surface area (Å²) in [6.07, 6.45) is 5.68. The lowest BCUT2D eigenvalue weighted by atomic mass is 10.1. The van der Waals surface area contributed by atoms with E-state index >= 15 is 0 Å². The Morgan fingerprint density at radius 2 is 1.92 bits per heavy atom. The lowest BCUT2D eigenvalue weighted by Gasteiger charge is -2.30. The van der Waals surface area contributed by atoms with Crippen molar-refractivity contribution >= 4 is 11.6 Å². The van der Waals surface area contributed by atoms with E-state index in [1.807, 2.05) is 4.90 Å². The minimum absolute atomic E-state index is 0.128. The zero-order valence-corrected chi connectivity index (χ0v) is 14.6. The number of carbonyl (C=O) groups excluding carboxylic acids is 1. The first kappa shape index (κ1) is 17.7. The maximum atomic E-state index is 12.9. The van der Waals surface area contributed by atoms with E-state index in [9.17, 15) is 14.9 Å². The Kier molecular flexibility index (Phi) is 5.53. The van der Waals surface area contributed by atoms with Gasteiger partial charge in [-0.05, 0) is 50.9 Å². The monoisotopic (exact) mass is 347 g/mol. The van der Waals surface area contributed by atoms with Crippen LogP contribution in [-0.4, -0.2) is 60.0 Å². The molecule has 1 aromatic carbocycles.